The molecule has 1 aliphatic heterocycles. The van der Waals surface area contributed by atoms with E-state index in [9.17, 15) is 5.11 Å². The molecule has 2 N–H and O–H groups in total. The molecule has 0 bridgehead atoms. The minimum atomic E-state index is -0.286. The predicted molar refractivity (Wildman–Crippen MR) is 46.0 cm³/mol. The summed E-state index contributed by atoms with van der Waals surface area (Å²) >= 11 is 0. The van der Waals surface area contributed by atoms with Crippen LogP contribution in [0.15, 0.2) is 0 Å². The highest BCUT2D eigenvalue weighted by Gasteiger charge is 2.28. The molecule has 2 unspecified atom stereocenters. The Morgan fingerprint density at radius 3 is 2.50 bits per heavy atom. The maximum Gasteiger partial charge on any atom is 0.0948 e. The van der Waals surface area contributed by atoms with E-state index in [1.165, 1.54) is 25.7 Å². The van der Waals surface area contributed by atoms with Gasteiger partial charge in [0, 0.05) is 6.04 Å². The van der Waals surface area contributed by atoms with Crippen molar-refractivity contribution in [3.05, 3.63) is 0 Å². The molecule has 1 aliphatic carbocycles. The molecule has 2 atom stereocenters. The lowest BCUT2D eigenvalue weighted by molar-refractivity contribution is 0.121. The van der Waals surface area contributed by atoms with Crippen LogP contribution in [0.5, 0.6) is 0 Å². The van der Waals surface area contributed by atoms with Crippen molar-refractivity contribution in [1.29, 1.82) is 0 Å². The molecule has 0 aromatic rings. The standard InChI is InChI=1S/C9H17NO2/c11-9-6-12-5-8(9)10-7-3-1-2-4-7/h7-11H,1-6H2. The van der Waals surface area contributed by atoms with E-state index in [2.05, 4.69) is 5.32 Å². The molecule has 0 radical (unpaired) electrons. The topological polar surface area (TPSA) is 41.5 Å². The van der Waals surface area contributed by atoms with Crippen molar-refractivity contribution >= 4 is 0 Å². The van der Waals surface area contributed by atoms with Crippen molar-refractivity contribution in [2.24, 2.45) is 0 Å². The van der Waals surface area contributed by atoms with E-state index >= 15 is 0 Å². The van der Waals surface area contributed by atoms with Gasteiger partial charge in [0.05, 0.1) is 25.4 Å². The van der Waals surface area contributed by atoms with Gasteiger partial charge in [-0.2, -0.15) is 0 Å². The van der Waals surface area contributed by atoms with Crippen LogP contribution < -0.4 is 5.32 Å². The monoisotopic (exact) mass is 171 g/mol. The summed E-state index contributed by atoms with van der Waals surface area (Å²) < 4.78 is 5.17. The Morgan fingerprint density at radius 2 is 1.92 bits per heavy atom. The summed E-state index contributed by atoms with van der Waals surface area (Å²) in [5, 5.41) is 12.9. The van der Waals surface area contributed by atoms with Crippen LogP contribution in [0.2, 0.25) is 0 Å². The van der Waals surface area contributed by atoms with Crippen LogP contribution in [0.4, 0.5) is 0 Å². The molecule has 0 aromatic heterocycles. The van der Waals surface area contributed by atoms with Gasteiger partial charge in [0.1, 0.15) is 0 Å². The van der Waals surface area contributed by atoms with Gasteiger partial charge in [-0.3, -0.25) is 0 Å². The zero-order valence-electron chi connectivity index (χ0n) is 7.33. The van der Waals surface area contributed by atoms with Crippen LogP contribution in [0.25, 0.3) is 0 Å². The third kappa shape index (κ3) is 1.79. The lowest BCUT2D eigenvalue weighted by Crippen LogP contribution is -2.43. The fraction of sp³-hybridized carbons (Fsp3) is 1.00. The summed E-state index contributed by atoms with van der Waals surface area (Å²) in [7, 11) is 0. The SMILES string of the molecule is OC1COCC1NC1CCCC1. The average Bonchev–Trinajstić information content (AvgIpc) is 2.65. The largest absolute Gasteiger partial charge is 0.389 e. The summed E-state index contributed by atoms with van der Waals surface area (Å²) in [4.78, 5) is 0. The Hall–Kier alpha value is -0.120. The summed E-state index contributed by atoms with van der Waals surface area (Å²) in [5.74, 6) is 0. The van der Waals surface area contributed by atoms with Gasteiger partial charge in [0.2, 0.25) is 0 Å². The fourth-order valence-electron chi connectivity index (χ4n) is 2.10. The number of hydrogen-bond donors (Lipinski definition) is 2. The van der Waals surface area contributed by atoms with Gasteiger partial charge in [-0.25, -0.2) is 0 Å². The van der Waals surface area contributed by atoms with Gasteiger partial charge in [-0.1, -0.05) is 12.8 Å². The number of aliphatic hydroxyl groups excluding tert-OH is 1. The van der Waals surface area contributed by atoms with Crippen molar-refractivity contribution in [3.8, 4) is 0 Å². The van der Waals surface area contributed by atoms with Gasteiger partial charge in [0.25, 0.3) is 0 Å². The first-order valence-corrected chi connectivity index (χ1v) is 4.88. The van der Waals surface area contributed by atoms with E-state index in [0.717, 1.165) is 0 Å². The van der Waals surface area contributed by atoms with Crippen LogP contribution in [0.1, 0.15) is 25.7 Å². The third-order valence-corrected chi connectivity index (χ3v) is 2.86. The first-order valence-electron chi connectivity index (χ1n) is 4.88. The van der Waals surface area contributed by atoms with Gasteiger partial charge in [-0.15, -0.1) is 0 Å². The van der Waals surface area contributed by atoms with Crippen LogP contribution in [0.3, 0.4) is 0 Å². The Labute approximate surface area is 73.1 Å². The number of ether oxygens (including phenoxy) is 1. The van der Waals surface area contributed by atoms with Crippen LogP contribution in [0, 0.1) is 0 Å². The molecule has 0 amide bonds. The Morgan fingerprint density at radius 1 is 1.17 bits per heavy atom. The molecule has 2 aliphatic rings. The van der Waals surface area contributed by atoms with Crippen LogP contribution in [-0.4, -0.2) is 36.5 Å². The summed E-state index contributed by atoms with van der Waals surface area (Å²) in [5.41, 5.74) is 0. The second-order valence-electron chi connectivity index (χ2n) is 3.86. The molecule has 70 valence electrons. The molecule has 2 rings (SSSR count). The zero-order chi connectivity index (χ0) is 8.39. The molecule has 1 saturated carbocycles. The molecule has 3 heteroatoms. The molecule has 2 fully saturated rings. The number of aliphatic hydroxyl groups is 1. The Kier molecular flexibility index (Phi) is 2.63. The highest BCUT2D eigenvalue weighted by Crippen LogP contribution is 2.19. The summed E-state index contributed by atoms with van der Waals surface area (Å²) in [6.45, 7) is 1.18. The highest BCUT2D eigenvalue weighted by molar-refractivity contribution is 4.85. The van der Waals surface area contributed by atoms with E-state index in [1.807, 2.05) is 0 Å². The first kappa shape index (κ1) is 8.48. The van der Waals surface area contributed by atoms with Crippen molar-refractivity contribution in [1.82, 2.24) is 5.32 Å². The number of rotatable bonds is 2. The zero-order valence-corrected chi connectivity index (χ0v) is 7.33. The second kappa shape index (κ2) is 3.73. The smallest absolute Gasteiger partial charge is 0.0948 e. The quantitative estimate of drug-likeness (QED) is 0.627. The van der Waals surface area contributed by atoms with Crippen LogP contribution >= 0.6 is 0 Å². The van der Waals surface area contributed by atoms with Crippen LogP contribution in [-0.2, 0) is 4.74 Å². The van der Waals surface area contributed by atoms with E-state index < -0.39 is 0 Å². The predicted octanol–water partition coefficient (Wildman–Crippen LogP) is 0.278. The molecular formula is C9H17NO2. The normalized spacial score (nSPS) is 37.8. The van der Waals surface area contributed by atoms with Crippen molar-refractivity contribution < 1.29 is 9.84 Å². The van der Waals surface area contributed by atoms with E-state index in [1.54, 1.807) is 0 Å². The minimum absolute atomic E-state index is 0.188. The van der Waals surface area contributed by atoms with Crippen molar-refractivity contribution in [3.63, 3.8) is 0 Å². The number of nitrogens with one attached hydrogen (secondary N) is 1. The lowest BCUT2D eigenvalue weighted by atomic mass is 10.1. The van der Waals surface area contributed by atoms with E-state index in [4.69, 9.17) is 4.74 Å². The first-order chi connectivity index (χ1) is 5.86. The average molecular weight is 171 g/mol. The molecular weight excluding hydrogens is 154 g/mol. The van der Waals surface area contributed by atoms with Crippen molar-refractivity contribution in [2.75, 3.05) is 13.2 Å². The third-order valence-electron chi connectivity index (χ3n) is 2.86. The fourth-order valence-corrected chi connectivity index (χ4v) is 2.10. The molecule has 12 heavy (non-hydrogen) atoms. The van der Waals surface area contributed by atoms with Crippen molar-refractivity contribution in [2.45, 2.75) is 43.9 Å². The Bertz CT molecular complexity index is 145. The molecule has 0 aromatic carbocycles. The maximum absolute atomic E-state index is 9.46. The second-order valence-corrected chi connectivity index (χ2v) is 3.86. The highest BCUT2D eigenvalue weighted by atomic mass is 16.5. The molecule has 1 heterocycles. The Balaban J connectivity index is 1.77. The van der Waals surface area contributed by atoms with Gasteiger partial charge in [0.15, 0.2) is 0 Å². The minimum Gasteiger partial charge on any atom is -0.389 e. The van der Waals surface area contributed by atoms with Gasteiger partial charge < -0.3 is 15.2 Å². The van der Waals surface area contributed by atoms with E-state index in [0.29, 0.717) is 19.3 Å². The molecule has 1 saturated heterocycles. The summed E-state index contributed by atoms with van der Waals surface area (Å²) in [6.07, 6.45) is 4.92. The molecule has 3 nitrogen and oxygen atoms in total. The van der Waals surface area contributed by atoms with Gasteiger partial charge in [-0.05, 0) is 12.8 Å². The maximum atomic E-state index is 9.46. The molecule has 0 spiro atoms. The summed E-state index contributed by atoms with van der Waals surface area (Å²) in [6, 6.07) is 0.819. The van der Waals surface area contributed by atoms with E-state index in [-0.39, 0.29) is 12.1 Å². The van der Waals surface area contributed by atoms with Gasteiger partial charge >= 0.3 is 0 Å². The number of hydrogen-bond acceptors (Lipinski definition) is 3. The lowest BCUT2D eigenvalue weighted by Gasteiger charge is -2.19.